The zero-order valence-electron chi connectivity index (χ0n) is 25.4. The molecule has 0 aliphatic heterocycles. The number of phenols is 1. The molecule has 0 fully saturated rings. The molecule has 1 heterocycles. The number of para-hydroxylation sites is 2. The minimum atomic E-state index is -0.231. The quantitative estimate of drug-likeness (QED) is 0.252. The van der Waals surface area contributed by atoms with E-state index in [-0.39, 0.29) is 16.2 Å². The summed E-state index contributed by atoms with van der Waals surface area (Å²) in [6.07, 6.45) is 0. The Balaban J connectivity index is 1.87. The maximum Gasteiger partial charge on any atom is 0.149 e. The number of benzene rings is 4. The fourth-order valence-corrected chi connectivity index (χ4v) is 5.40. The fourth-order valence-electron chi connectivity index (χ4n) is 5.40. The molecule has 3 nitrogen and oxygen atoms in total. The molecule has 0 aliphatic rings. The molecule has 0 atom stereocenters. The van der Waals surface area contributed by atoms with Crippen LogP contribution in [0.3, 0.4) is 0 Å². The molecule has 0 saturated carbocycles. The topological polar surface area (TPSA) is 38.0 Å². The van der Waals surface area contributed by atoms with Gasteiger partial charge in [-0.1, -0.05) is 117 Å². The molecule has 0 unspecified atom stereocenters. The van der Waals surface area contributed by atoms with Crippen LogP contribution in [0.4, 0.5) is 0 Å². The summed E-state index contributed by atoms with van der Waals surface area (Å²) in [4.78, 5) is 5.17. The van der Waals surface area contributed by atoms with Crippen molar-refractivity contribution in [1.82, 2.24) is 9.55 Å². The molecule has 0 amide bonds. The van der Waals surface area contributed by atoms with Gasteiger partial charge in [-0.05, 0) is 68.8 Å². The lowest BCUT2D eigenvalue weighted by Gasteiger charge is -2.28. The van der Waals surface area contributed by atoms with Crippen LogP contribution in [-0.2, 0) is 16.2 Å². The van der Waals surface area contributed by atoms with Crippen LogP contribution >= 0.6 is 0 Å². The van der Waals surface area contributed by atoms with Crippen LogP contribution in [0.1, 0.15) is 79.0 Å². The van der Waals surface area contributed by atoms with Gasteiger partial charge in [-0.3, -0.25) is 4.57 Å². The van der Waals surface area contributed by atoms with Crippen LogP contribution in [-0.4, -0.2) is 14.7 Å². The molecule has 0 bridgehead atoms. The molecule has 0 spiro atoms. The number of aromatic nitrogens is 2. The molecule has 4 aromatic carbocycles. The van der Waals surface area contributed by atoms with E-state index in [0.29, 0.717) is 5.75 Å². The second-order valence-corrected chi connectivity index (χ2v) is 14.0. The van der Waals surface area contributed by atoms with Gasteiger partial charge < -0.3 is 5.11 Å². The molecule has 1 N–H and O–H groups in total. The van der Waals surface area contributed by atoms with Crippen molar-refractivity contribution in [2.24, 2.45) is 0 Å². The lowest BCUT2D eigenvalue weighted by molar-refractivity contribution is 0.446. The Labute approximate surface area is 239 Å². The number of phenolic OH excluding ortho intramolecular Hbond substituents is 1. The molecular weight excluding hydrogens is 488 g/mol. The van der Waals surface area contributed by atoms with E-state index in [0.717, 1.165) is 33.7 Å². The summed E-state index contributed by atoms with van der Waals surface area (Å²) in [6, 6.07) is 29.8. The molecular formula is C37H42N2O. The number of aromatic hydroxyl groups is 1. The standard InChI is InChI=1S/C37H42N2O/c1-35(2,3)26-22-27(33(40)29(23-26)37(7,8)9)34-38-30-17-13-14-18-32(30)39(34)31-20-19-25(21-28(31)36(4,5)6)24-15-11-10-12-16-24/h10-23,40H,1-9H3. The lowest BCUT2D eigenvalue weighted by atomic mass is 9.78. The molecule has 1 aromatic heterocycles. The highest BCUT2D eigenvalue weighted by molar-refractivity contribution is 5.86. The zero-order valence-corrected chi connectivity index (χ0v) is 25.4. The SMILES string of the molecule is CC(C)(C)c1cc(-c2nc3ccccc3n2-c2ccc(-c3ccccc3)cc2C(C)(C)C)c(O)c(C(C)(C)C)c1. The van der Waals surface area contributed by atoms with E-state index in [1.165, 1.54) is 22.3 Å². The van der Waals surface area contributed by atoms with Crippen molar-refractivity contribution >= 4 is 11.0 Å². The Kier molecular flexibility index (Phi) is 6.69. The highest BCUT2D eigenvalue weighted by Crippen LogP contribution is 2.44. The van der Waals surface area contributed by atoms with Gasteiger partial charge in [0.25, 0.3) is 0 Å². The Hall–Kier alpha value is -3.85. The molecule has 206 valence electrons. The third-order valence-corrected chi connectivity index (χ3v) is 7.74. The number of hydrogen-bond donors (Lipinski definition) is 1. The predicted molar refractivity (Wildman–Crippen MR) is 170 cm³/mol. The monoisotopic (exact) mass is 530 g/mol. The smallest absolute Gasteiger partial charge is 0.149 e. The van der Waals surface area contributed by atoms with Crippen molar-refractivity contribution in [3.63, 3.8) is 0 Å². The van der Waals surface area contributed by atoms with Gasteiger partial charge in [0.15, 0.2) is 0 Å². The molecule has 0 aliphatic carbocycles. The second-order valence-electron chi connectivity index (χ2n) is 14.0. The van der Waals surface area contributed by atoms with E-state index in [1.54, 1.807) is 0 Å². The number of rotatable bonds is 3. The van der Waals surface area contributed by atoms with Crippen LogP contribution in [0.15, 0.2) is 84.9 Å². The van der Waals surface area contributed by atoms with Gasteiger partial charge in [-0.2, -0.15) is 0 Å². The second kappa shape index (κ2) is 9.66. The molecule has 3 heteroatoms. The van der Waals surface area contributed by atoms with Gasteiger partial charge in [0.1, 0.15) is 11.6 Å². The van der Waals surface area contributed by atoms with Gasteiger partial charge in [-0.25, -0.2) is 4.98 Å². The van der Waals surface area contributed by atoms with Crippen molar-refractivity contribution < 1.29 is 5.11 Å². The average molecular weight is 531 g/mol. The van der Waals surface area contributed by atoms with Crippen molar-refractivity contribution in [2.75, 3.05) is 0 Å². The normalized spacial score (nSPS) is 12.7. The van der Waals surface area contributed by atoms with Crippen molar-refractivity contribution in [2.45, 2.75) is 78.6 Å². The summed E-state index contributed by atoms with van der Waals surface area (Å²) in [5.41, 5.74) is 9.04. The molecule has 40 heavy (non-hydrogen) atoms. The zero-order chi connectivity index (χ0) is 29.0. The van der Waals surface area contributed by atoms with Crippen molar-refractivity contribution in [3.8, 4) is 34.0 Å². The lowest BCUT2D eigenvalue weighted by Crippen LogP contribution is -2.18. The highest BCUT2D eigenvalue weighted by atomic mass is 16.3. The Bertz CT molecular complexity index is 1690. The van der Waals surface area contributed by atoms with Gasteiger partial charge in [0, 0.05) is 5.56 Å². The Morgan fingerprint density at radius 3 is 1.85 bits per heavy atom. The van der Waals surface area contributed by atoms with Crippen LogP contribution < -0.4 is 0 Å². The van der Waals surface area contributed by atoms with E-state index in [4.69, 9.17) is 4.98 Å². The predicted octanol–water partition coefficient (Wildman–Crippen LogP) is 9.96. The van der Waals surface area contributed by atoms with Crippen molar-refractivity contribution in [1.29, 1.82) is 0 Å². The molecule has 0 saturated heterocycles. The molecule has 5 aromatic rings. The fraction of sp³-hybridized carbons (Fsp3) is 0.324. The summed E-state index contributed by atoms with van der Waals surface area (Å²) in [7, 11) is 0. The van der Waals surface area contributed by atoms with Crippen LogP contribution in [0.2, 0.25) is 0 Å². The van der Waals surface area contributed by atoms with E-state index in [1.807, 2.05) is 6.07 Å². The van der Waals surface area contributed by atoms with Crippen LogP contribution in [0.25, 0.3) is 39.2 Å². The van der Waals surface area contributed by atoms with Gasteiger partial charge in [0.05, 0.1) is 22.3 Å². The highest BCUT2D eigenvalue weighted by Gasteiger charge is 2.29. The van der Waals surface area contributed by atoms with E-state index in [9.17, 15) is 5.11 Å². The van der Waals surface area contributed by atoms with E-state index >= 15 is 0 Å². The van der Waals surface area contributed by atoms with Crippen molar-refractivity contribution in [3.05, 3.63) is 102 Å². The molecule has 0 radical (unpaired) electrons. The number of imidazole rings is 1. The number of fused-ring (bicyclic) bond motifs is 1. The maximum atomic E-state index is 11.8. The number of hydrogen-bond acceptors (Lipinski definition) is 2. The Morgan fingerprint density at radius 1 is 0.600 bits per heavy atom. The largest absolute Gasteiger partial charge is 0.507 e. The van der Waals surface area contributed by atoms with Gasteiger partial charge >= 0.3 is 0 Å². The Morgan fingerprint density at radius 2 is 1.23 bits per heavy atom. The third kappa shape index (κ3) is 5.06. The minimum absolute atomic E-state index is 0.0901. The first-order chi connectivity index (χ1) is 18.7. The minimum Gasteiger partial charge on any atom is -0.507 e. The van der Waals surface area contributed by atoms with Crippen LogP contribution in [0, 0.1) is 0 Å². The van der Waals surface area contributed by atoms with E-state index in [2.05, 4.69) is 146 Å². The van der Waals surface area contributed by atoms with Gasteiger partial charge in [0.2, 0.25) is 0 Å². The summed E-state index contributed by atoms with van der Waals surface area (Å²) in [6.45, 7) is 19.9. The number of nitrogens with zero attached hydrogens (tertiary/aromatic N) is 2. The maximum absolute atomic E-state index is 11.8. The first-order valence-corrected chi connectivity index (χ1v) is 14.2. The summed E-state index contributed by atoms with van der Waals surface area (Å²) in [5, 5.41) is 11.8. The summed E-state index contributed by atoms with van der Waals surface area (Å²) >= 11 is 0. The average Bonchev–Trinajstić information content (AvgIpc) is 3.26. The first-order valence-electron chi connectivity index (χ1n) is 14.2. The first kappa shape index (κ1) is 27.7. The van der Waals surface area contributed by atoms with Gasteiger partial charge in [-0.15, -0.1) is 0 Å². The molecule has 5 rings (SSSR count). The van der Waals surface area contributed by atoms with E-state index < -0.39 is 0 Å². The van der Waals surface area contributed by atoms with Crippen LogP contribution in [0.5, 0.6) is 5.75 Å². The summed E-state index contributed by atoms with van der Waals surface area (Å²) < 4.78 is 2.25. The summed E-state index contributed by atoms with van der Waals surface area (Å²) in [5.74, 6) is 1.06. The third-order valence-electron chi connectivity index (χ3n) is 7.74.